The number of nitrogens with one attached hydrogen (secondary N) is 1. The lowest BCUT2D eigenvalue weighted by Gasteiger charge is -2.21. The summed E-state index contributed by atoms with van der Waals surface area (Å²) in [6.45, 7) is 6.11. The molecular weight excluding hydrogens is 301 g/mol. The first-order chi connectivity index (χ1) is 10.2. The summed E-state index contributed by atoms with van der Waals surface area (Å²) in [7, 11) is 0. The molecule has 0 heterocycles. The predicted molar refractivity (Wildman–Crippen MR) is 97.4 cm³/mol. The summed E-state index contributed by atoms with van der Waals surface area (Å²) < 4.78 is 11.1. The highest BCUT2D eigenvalue weighted by atomic mass is 32.5. The summed E-state index contributed by atoms with van der Waals surface area (Å²) in [4.78, 5) is 0. The van der Waals surface area contributed by atoms with Gasteiger partial charge >= 0.3 is 0 Å². The van der Waals surface area contributed by atoms with Crippen LogP contribution < -0.4 is 5.09 Å². The molecule has 0 radical (unpaired) electrons. The van der Waals surface area contributed by atoms with E-state index in [4.69, 9.17) is 20.9 Å². The molecule has 5 heteroatoms. The lowest BCUT2D eigenvalue weighted by molar-refractivity contribution is 0.258. The van der Waals surface area contributed by atoms with Crippen molar-refractivity contribution in [3.8, 4) is 0 Å². The number of rotatable bonds is 16. The molecule has 0 rings (SSSR count). The molecule has 0 spiro atoms. The third kappa shape index (κ3) is 13.9. The van der Waals surface area contributed by atoms with Crippen molar-refractivity contribution in [1.82, 2.24) is 5.09 Å². The smallest absolute Gasteiger partial charge is 0.261 e. The van der Waals surface area contributed by atoms with Crippen molar-refractivity contribution in [3.63, 3.8) is 0 Å². The molecule has 0 aromatic rings. The summed E-state index contributed by atoms with van der Waals surface area (Å²) >= 11 is 5.43. The van der Waals surface area contributed by atoms with Crippen LogP contribution in [0.5, 0.6) is 0 Å². The SMILES string of the molecule is CCCCCCCCCCCCNP(=S)(OCC)OCC. The molecule has 0 aliphatic heterocycles. The Kier molecular flexibility index (Phi) is 15.8. The van der Waals surface area contributed by atoms with Crippen LogP contribution in [0, 0.1) is 0 Å². The van der Waals surface area contributed by atoms with Crippen LogP contribution in [-0.2, 0) is 20.9 Å². The summed E-state index contributed by atoms with van der Waals surface area (Å²) in [5.74, 6) is 0. The van der Waals surface area contributed by atoms with E-state index in [9.17, 15) is 0 Å². The lowest BCUT2D eigenvalue weighted by Crippen LogP contribution is -2.16. The van der Waals surface area contributed by atoms with Gasteiger partial charge in [0.25, 0.3) is 6.64 Å². The highest BCUT2D eigenvalue weighted by Crippen LogP contribution is 2.43. The van der Waals surface area contributed by atoms with Crippen LogP contribution in [0.2, 0.25) is 0 Å². The number of hydrogen-bond donors (Lipinski definition) is 1. The van der Waals surface area contributed by atoms with Gasteiger partial charge in [0.05, 0.1) is 13.2 Å². The normalized spacial score (nSPS) is 12.0. The van der Waals surface area contributed by atoms with Gasteiger partial charge in [-0.1, -0.05) is 64.7 Å². The predicted octanol–water partition coefficient (Wildman–Crippen LogP) is 5.79. The van der Waals surface area contributed by atoms with E-state index in [2.05, 4.69) is 12.0 Å². The van der Waals surface area contributed by atoms with Crippen LogP contribution in [0.4, 0.5) is 0 Å². The third-order valence-corrected chi connectivity index (χ3v) is 6.26. The first-order valence-electron chi connectivity index (χ1n) is 8.82. The van der Waals surface area contributed by atoms with Gasteiger partial charge in [-0.3, -0.25) is 0 Å². The van der Waals surface area contributed by atoms with Crippen molar-refractivity contribution in [1.29, 1.82) is 0 Å². The molecule has 0 saturated carbocycles. The molecule has 0 amide bonds. The van der Waals surface area contributed by atoms with Crippen LogP contribution in [-0.4, -0.2) is 19.8 Å². The zero-order valence-electron chi connectivity index (χ0n) is 14.4. The second kappa shape index (κ2) is 15.4. The largest absolute Gasteiger partial charge is 0.318 e. The van der Waals surface area contributed by atoms with Gasteiger partial charge in [0.1, 0.15) is 0 Å². The average molecular weight is 338 g/mol. The van der Waals surface area contributed by atoms with Crippen LogP contribution in [0.15, 0.2) is 0 Å². The van der Waals surface area contributed by atoms with Gasteiger partial charge in [0.15, 0.2) is 0 Å². The Labute approximate surface area is 137 Å². The Balaban J connectivity index is 3.40. The van der Waals surface area contributed by atoms with Crippen LogP contribution in [0.25, 0.3) is 0 Å². The topological polar surface area (TPSA) is 30.5 Å². The van der Waals surface area contributed by atoms with E-state index >= 15 is 0 Å². The molecule has 0 aliphatic carbocycles. The molecule has 0 bridgehead atoms. The van der Waals surface area contributed by atoms with Gasteiger partial charge in [0.2, 0.25) is 0 Å². The lowest BCUT2D eigenvalue weighted by atomic mass is 10.1. The van der Waals surface area contributed by atoms with E-state index in [1.807, 2.05) is 13.8 Å². The molecule has 3 nitrogen and oxygen atoms in total. The van der Waals surface area contributed by atoms with Gasteiger partial charge < -0.3 is 9.05 Å². The zero-order chi connectivity index (χ0) is 15.8. The Hall–Kier alpha value is 0.530. The first-order valence-corrected chi connectivity index (χ1v) is 11.5. The minimum Gasteiger partial charge on any atom is -0.318 e. The van der Waals surface area contributed by atoms with Gasteiger partial charge in [-0.05, 0) is 32.1 Å². The Morgan fingerprint density at radius 3 is 1.57 bits per heavy atom. The third-order valence-electron chi connectivity index (χ3n) is 3.43. The highest BCUT2D eigenvalue weighted by molar-refractivity contribution is 8.08. The van der Waals surface area contributed by atoms with Gasteiger partial charge in [-0.2, -0.15) is 0 Å². The molecule has 0 saturated heterocycles. The summed E-state index contributed by atoms with van der Waals surface area (Å²) in [5, 5.41) is 3.30. The average Bonchev–Trinajstić information content (AvgIpc) is 2.45. The number of hydrogen-bond acceptors (Lipinski definition) is 3. The standard InChI is InChI=1S/C16H36NO2PS/c1-4-7-8-9-10-11-12-13-14-15-16-17-20(21,18-5-2)19-6-3/h4-16H2,1-3H3,(H,17,21). The molecule has 0 fully saturated rings. The van der Waals surface area contributed by atoms with Crippen molar-refractivity contribution in [2.45, 2.75) is 85.0 Å². The minimum absolute atomic E-state index is 0.613. The second-order valence-corrected chi connectivity index (χ2v) is 8.69. The maximum absolute atomic E-state index is 5.55. The molecule has 0 aliphatic rings. The van der Waals surface area contributed by atoms with Crippen molar-refractivity contribution in [3.05, 3.63) is 0 Å². The van der Waals surface area contributed by atoms with Gasteiger partial charge in [-0.15, -0.1) is 0 Å². The Morgan fingerprint density at radius 1 is 0.714 bits per heavy atom. The van der Waals surface area contributed by atoms with Gasteiger partial charge in [0, 0.05) is 6.54 Å². The van der Waals surface area contributed by atoms with E-state index in [0.29, 0.717) is 13.2 Å². The molecular formula is C16H36NO2PS. The van der Waals surface area contributed by atoms with Crippen molar-refractivity contribution < 1.29 is 9.05 Å². The molecule has 1 N–H and O–H groups in total. The van der Waals surface area contributed by atoms with Crippen molar-refractivity contribution in [2.75, 3.05) is 19.8 Å². The van der Waals surface area contributed by atoms with E-state index in [1.54, 1.807) is 0 Å². The maximum Gasteiger partial charge on any atom is 0.261 e. The summed E-state index contributed by atoms with van der Waals surface area (Å²) in [6.07, 6.45) is 13.5. The highest BCUT2D eigenvalue weighted by Gasteiger charge is 2.16. The molecule has 0 unspecified atom stereocenters. The van der Waals surface area contributed by atoms with Crippen LogP contribution in [0.1, 0.15) is 85.0 Å². The van der Waals surface area contributed by atoms with Crippen molar-refractivity contribution in [2.24, 2.45) is 0 Å². The van der Waals surface area contributed by atoms with Crippen molar-refractivity contribution >= 4 is 18.4 Å². The molecule has 0 atom stereocenters. The molecule has 0 aromatic carbocycles. The maximum atomic E-state index is 5.55. The first kappa shape index (κ1) is 21.5. The minimum atomic E-state index is -2.21. The second-order valence-electron chi connectivity index (χ2n) is 5.42. The summed E-state index contributed by atoms with van der Waals surface area (Å²) in [5.41, 5.74) is 0. The fraction of sp³-hybridized carbons (Fsp3) is 1.00. The summed E-state index contributed by atoms with van der Waals surface area (Å²) in [6, 6.07) is 0. The molecule has 128 valence electrons. The van der Waals surface area contributed by atoms with E-state index < -0.39 is 6.64 Å². The Bertz CT molecular complexity index is 255. The fourth-order valence-corrected chi connectivity index (χ4v) is 4.57. The Morgan fingerprint density at radius 2 is 1.14 bits per heavy atom. The van der Waals surface area contributed by atoms with E-state index in [0.717, 1.165) is 13.0 Å². The van der Waals surface area contributed by atoms with E-state index in [-0.39, 0.29) is 0 Å². The fourth-order valence-electron chi connectivity index (χ4n) is 2.30. The van der Waals surface area contributed by atoms with Gasteiger partial charge in [-0.25, -0.2) is 5.09 Å². The van der Waals surface area contributed by atoms with Crippen LogP contribution in [0.3, 0.4) is 0 Å². The monoisotopic (exact) mass is 337 g/mol. The molecule has 21 heavy (non-hydrogen) atoms. The number of unbranched alkanes of at least 4 members (excludes halogenated alkanes) is 9. The quantitative estimate of drug-likeness (QED) is 0.285. The van der Waals surface area contributed by atoms with Crippen LogP contribution >= 0.6 is 6.64 Å². The zero-order valence-corrected chi connectivity index (χ0v) is 16.1. The molecule has 0 aromatic heterocycles. The van der Waals surface area contributed by atoms with E-state index in [1.165, 1.54) is 57.8 Å².